The highest BCUT2D eigenvalue weighted by molar-refractivity contribution is 7.98. The van der Waals surface area contributed by atoms with Crippen LogP contribution in [0.2, 0.25) is 0 Å². The lowest BCUT2D eigenvalue weighted by atomic mass is 9.86. The molecular formula is C15H18N2O2S. The summed E-state index contributed by atoms with van der Waals surface area (Å²) < 4.78 is 5.36. The Balaban J connectivity index is 1.81. The van der Waals surface area contributed by atoms with Crippen molar-refractivity contribution in [2.45, 2.75) is 42.6 Å². The van der Waals surface area contributed by atoms with Gasteiger partial charge in [-0.05, 0) is 43.4 Å². The van der Waals surface area contributed by atoms with Crippen LogP contribution >= 0.6 is 11.8 Å². The zero-order chi connectivity index (χ0) is 13.9. The van der Waals surface area contributed by atoms with Crippen LogP contribution in [0.25, 0.3) is 11.4 Å². The van der Waals surface area contributed by atoms with Gasteiger partial charge >= 0.3 is 0 Å². The van der Waals surface area contributed by atoms with Gasteiger partial charge in [-0.2, -0.15) is 4.98 Å². The average Bonchev–Trinajstić information content (AvgIpc) is 2.97. The number of rotatable bonds is 3. The zero-order valence-corrected chi connectivity index (χ0v) is 12.3. The lowest BCUT2D eigenvalue weighted by Crippen LogP contribution is -2.22. The van der Waals surface area contributed by atoms with Crippen LogP contribution in [-0.2, 0) is 0 Å². The molecule has 0 radical (unpaired) electrons. The molecule has 20 heavy (non-hydrogen) atoms. The second-order valence-corrected chi connectivity index (χ2v) is 6.02. The summed E-state index contributed by atoms with van der Waals surface area (Å²) in [6.45, 7) is 0. The van der Waals surface area contributed by atoms with E-state index in [4.69, 9.17) is 4.52 Å². The van der Waals surface area contributed by atoms with Crippen molar-refractivity contribution in [3.8, 4) is 11.4 Å². The van der Waals surface area contributed by atoms with E-state index in [1.165, 1.54) is 4.90 Å². The molecule has 5 heteroatoms. The normalized spacial score (nSPS) is 22.9. The first-order valence-corrected chi connectivity index (χ1v) is 8.16. The molecule has 3 rings (SSSR count). The molecule has 0 spiro atoms. The van der Waals surface area contributed by atoms with Gasteiger partial charge in [-0.25, -0.2) is 0 Å². The van der Waals surface area contributed by atoms with E-state index in [9.17, 15) is 5.11 Å². The number of hydrogen-bond acceptors (Lipinski definition) is 5. The number of aromatic nitrogens is 2. The van der Waals surface area contributed by atoms with Crippen molar-refractivity contribution in [2.75, 3.05) is 6.26 Å². The minimum Gasteiger partial charge on any atom is -0.392 e. The highest BCUT2D eigenvalue weighted by Crippen LogP contribution is 2.33. The minimum atomic E-state index is -0.351. The molecule has 1 saturated carbocycles. The number of aliphatic hydroxyl groups is 1. The molecule has 4 nitrogen and oxygen atoms in total. The third-order valence-corrected chi connectivity index (χ3v) is 4.58. The predicted molar refractivity (Wildman–Crippen MR) is 78.7 cm³/mol. The van der Waals surface area contributed by atoms with Crippen LogP contribution in [0.1, 0.15) is 37.5 Å². The molecule has 1 aromatic heterocycles. The summed E-state index contributed by atoms with van der Waals surface area (Å²) in [7, 11) is 0. The van der Waals surface area contributed by atoms with Crippen molar-refractivity contribution >= 4 is 11.8 Å². The Morgan fingerprint density at radius 3 is 2.65 bits per heavy atom. The second-order valence-electron chi connectivity index (χ2n) is 5.14. The lowest BCUT2D eigenvalue weighted by Gasteiger charge is -2.24. The summed E-state index contributed by atoms with van der Waals surface area (Å²) in [5.41, 5.74) is 0.947. The molecule has 106 valence electrons. The van der Waals surface area contributed by atoms with Gasteiger partial charge in [0.15, 0.2) is 0 Å². The number of nitrogens with zero attached hydrogens (tertiary/aromatic N) is 2. The van der Waals surface area contributed by atoms with E-state index >= 15 is 0 Å². The van der Waals surface area contributed by atoms with E-state index in [2.05, 4.69) is 10.1 Å². The van der Waals surface area contributed by atoms with E-state index in [1.807, 2.05) is 30.5 Å². The Kier molecular flexibility index (Phi) is 4.08. The largest absolute Gasteiger partial charge is 0.392 e. The van der Waals surface area contributed by atoms with Crippen molar-refractivity contribution in [1.29, 1.82) is 0 Å². The fraction of sp³-hybridized carbons (Fsp3) is 0.467. The van der Waals surface area contributed by atoms with Gasteiger partial charge in [0.25, 0.3) is 0 Å². The predicted octanol–water partition coefficient (Wildman–Crippen LogP) is 3.48. The Morgan fingerprint density at radius 1 is 1.20 bits per heavy atom. The Labute approximate surface area is 122 Å². The lowest BCUT2D eigenvalue weighted by molar-refractivity contribution is 0.0908. The van der Waals surface area contributed by atoms with Crippen molar-refractivity contribution < 1.29 is 9.63 Å². The third kappa shape index (κ3) is 2.74. The molecule has 0 amide bonds. The van der Waals surface area contributed by atoms with Crippen LogP contribution in [-0.4, -0.2) is 27.6 Å². The molecule has 1 N–H and O–H groups in total. The molecule has 2 unspecified atom stereocenters. The third-order valence-electron chi connectivity index (χ3n) is 3.84. The number of benzene rings is 1. The Bertz CT molecular complexity index is 568. The fourth-order valence-corrected chi connectivity index (χ4v) is 3.05. The molecule has 1 heterocycles. The molecule has 1 aliphatic carbocycles. The molecule has 0 bridgehead atoms. The van der Waals surface area contributed by atoms with E-state index in [1.54, 1.807) is 11.8 Å². The van der Waals surface area contributed by atoms with Gasteiger partial charge in [0.1, 0.15) is 0 Å². The van der Waals surface area contributed by atoms with Gasteiger partial charge in [0.05, 0.1) is 12.0 Å². The van der Waals surface area contributed by atoms with Crippen molar-refractivity contribution in [2.24, 2.45) is 0 Å². The maximum atomic E-state index is 10.0. The quantitative estimate of drug-likeness (QED) is 0.877. The molecule has 1 aromatic carbocycles. The van der Waals surface area contributed by atoms with Crippen LogP contribution in [0.3, 0.4) is 0 Å². The van der Waals surface area contributed by atoms with Crippen LogP contribution in [0.15, 0.2) is 33.7 Å². The van der Waals surface area contributed by atoms with Crippen LogP contribution < -0.4 is 0 Å². The SMILES string of the molecule is CSc1ccc(-c2noc(C3CCCCC3O)n2)cc1. The second kappa shape index (κ2) is 5.97. The molecule has 1 aliphatic rings. The standard InChI is InChI=1S/C15H18N2O2S/c1-20-11-8-6-10(7-9-11)14-16-15(19-17-14)12-4-2-3-5-13(12)18/h6-9,12-13,18H,2-5H2,1H3. The van der Waals surface area contributed by atoms with Gasteiger partial charge in [-0.15, -0.1) is 11.8 Å². The molecule has 1 fully saturated rings. The summed E-state index contributed by atoms with van der Waals surface area (Å²) >= 11 is 1.70. The molecule has 0 saturated heterocycles. The molecular weight excluding hydrogens is 272 g/mol. The minimum absolute atomic E-state index is 0.00419. The average molecular weight is 290 g/mol. The van der Waals surface area contributed by atoms with Crippen molar-refractivity contribution in [3.05, 3.63) is 30.2 Å². The summed E-state index contributed by atoms with van der Waals surface area (Å²) in [5, 5.41) is 14.1. The topological polar surface area (TPSA) is 59.2 Å². The fourth-order valence-electron chi connectivity index (χ4n) is 2.64. The number of aliphatic hydroxyl groups excluding tert-OH is 1. The van der Waals surface area contributed by atoms with Crippen LogP contribution in [0.4, 0.5) is 0 Å². The highest BCUT2D eigenvalue weighted by Gasteiger charge is 2.29. The molecule has 0 aliphatic heterocycles. The monoisotopic (exact) mass is 290 g/mol. The van der Waals surface area contributed by atoms with E-state index in [-0.39, 0.29) is 12.0 Å². The first-order valence-electron chi connectivity index (χ1n) is 6.94. The smallest absolute Gasteiger partial charge is 0.232 e. The van der Waals surface area contributed by atoms with E-state index in [0.29, 0.717) is 11.7 Å². The van der Waals surface area contributed by atoms with Crippen LogP contribution in [0.5, 0.6) is 0 Å². The Morgan fingerprint density at radius 2 is 1.95 bits per heavy atom. The maximum Gasteiger partial charge on any atom is 0.232 e. The van der Waals surface area contributed by atoms with Gasteiger partial charge in [0, 0.05) is 10.5 Å². The maximum absolute atomic E-state index is 10.0. The van der Waals surface area contributed by atoms with E-state index < -0.39 is 0 Å². The summed E-state index contributed by atoms with van der Waals surface area (Å²) in [6.07, 6.45) is 5.64. The first kappa shape index (κ1) is 13.6. The van der Waals surface area contributed by atoms with Gasteiger partial charge in [0.2, 0.25) is 11.7 Å². The highest BCUT2D eigenvalue weighted by atomic mass is 32.2. The summed E-state index contributed by atoms with van der Waals surface area (Å²) in [5.74, 6) is 1.17. The number of hydrogen-bond donors (Lipinski definition) is 1. The van der Waals surface area contributed by atoms with Gasteiger partial charge in [-0.1, -0.05) is 18.0 Å². The van der Waals surface area contributed by atoms with E-state index in [0.717, 1.165) is 31.2 Å². The molecule has 2 aromatic rings. The first-order chi connectivity index (χ1) is 9.78. The summed E-state index contributed by atoms with van der Waals surface area (Å²) in [4.78, 5) is 5.67. The molecule has 2 atom stereocenters. The van der Waals surface area contributed by atoms with Gasteiger partial charge in [-0.3, -0.25) is 0 Å². The Hall–Kier alpha value is -1.33. The van der Waals surface area contributed by atoms with Crippen LogP contribution in [0, 0.1) is 0 Å². The zero-order valence-electron chi connectivity index (χ0n) is 11.5. The summed E-state index contributed by atoms with van der Waals surface area (Å²) in [6, 6.07) is 8.09. The van der Waals surface area contributed by atoms with Crippen molar-refractivity contribution in [1.82, 2.24) is 10.1 Å². The van der Waals surface area contributed by atoms with Crippen molar-refractivity contribution in [3.63, 3.8) is 0 Å². The van der Waals surface area contributed by atoms with Gasteiger partial charge < -0.3 is 9.63 Å². The number of thioether (sulfide) groups is 1.